The second kappa shape index (κ2) is 9.45. The third-order valence-electron chi connectivity index (χ3n) is 5.56. The number of carbonyl (C=O) groups excluding carboxylic acids is 1. The smallest absolute Gasteiger partial charge is 0.237 e. The van der Waals surface area contributed by atoms with Crippen molar-refractivity contribution in [2.45, 2.75) is 82.0 Å². The molecule has 0 unspecified atom stereocenters. The number of amides is 1. The van der Waals surface area contributed by atoms with Crippen LogP contribution in [0.1, 0.15) is 75.7 Å². The highest BCUT2D eigenvalue weighted by Gasteiger charge is 2.25. The lowest BCUT2D eigenvalue weighted by Crippen LogP contribution is -2.25. The average Bonchev–Trinajstić information content (AvgIpc) is 3.08. The Morgan fingerprint density at radius 2 is 1.86 bits per heavy atom. The lowest BCUT2D eigenvalue weighted by Gasteiger charge is -2.20. The van der Waals surface area contributed by atoms with Crippen LogP contribution in [0.2, 0.25) is 0 Å². The van der Waals surface area contributed by atoms with E-state index in [0.717, 1.165) is 48.3 Å². The molecule has 1 fully saturated rings. The molecule has 6 nitrogen and oxygen atoms in total. The number of nitrogens with one attached hydrogen (secondary N) is 1. The lowest BCUT2D eigenvalue weighted by atomic mass is 9.89. The number of nitrogen functional groups attached to an aromatic ring is 1. The van der Waals surface area contributed by atoms with Gasteiger partial charge in [0.2, 0.25) is 11.1 Å². The average molecular weight is 402 g/mol. The summed E-state index contributed by atoms with van der Waals surface area (Å²) < 4.78 is 1.59. The van der Waals surface area contributed by atoms with E-state index in [9.17, 15) is 4.79 Å². The molecule has 152 valence electrons. The van der Waals surface area contributed by atoms with E-state index in [-0.39, 0.29) is 11.2 Å². The number of rotatable bonds is 7. The van der Waals surface area contributed by atoms with Crippen molar-refractivity contribution in [3.63, 3.8) is 0 Å². The number of aryl methyl sites for hydroxylation is 2. The molecule has 1 amide bonds. The van der Waals surface area contributed by atoms with Crippen LogP contribution in [0.25, 0.3) is 0 Å². The molecule has 1 saturated carbocycles. The standard InChI is InChI=1S/C21H31N5OS/c1-4-15-12-9-13-16(5-2)18(15)23-20(27)14(3)28-21-25-24-19(26(21)22)17-10-7-6-8-11-17/h9,12-14,17H,4-8,10-11,22H2,1-3H3,(H,23,27)/t14-/m1/s1. The van der Waals surface area contributed by atoms with Crippen LogP contribution in [0.15, 0.2) is 23.4 Å². The van der Waals surface area contributed by atoms with Crippen molar-refractivity contribution in [2.24, 2.45) is 0 Å². The number of nitrogens with two attached hydrogens (primary N) is 1. The van der Waals surface area contributed by atoms with Crippen molar-refractivity contribution in [3.8, 4) is 0 Å². The predicted molar refractivity (Wildman–Crippen MR) is 115 cm³/mol. The van der Waals surface area contributed by atoms with E-state index in [4.69, 9.17) is 5.84 Å². The highest BCUT2D eigenvalue weighted by Crippen LogP contribution is 2.33. The Morgan fingerprint density at radius 3 is 2.46 bits per heavy atom. The monoisotopic (exact) mass is 401 g/mol. The molecule has 28 heavy (non-hydrogen) atoms. The number of hydrogen-bond acceptors (Lipinski definition) is 5. The van der Waals surface area contributed by atoms with Gasteiger partial charge >= 0.3 is 0 Å². The van der Waals surface area contributed by atoms with Crippen molar-refractivity contribution in [1.29, 1.82) is 0 Å². The molecule has 1 atom stereocenters. The first-order chi connectivity index (χ1) is 13.5. The zero-order chi connectivity index (χ0) is 20.1. The second-order valence-electron chi connectivity index (χ2n) is 7.45. The van der Waals surface area contributed by atoms with E-state index >= 15 is 0 Å². The minimum atomic E-state index is -0.319. The molecular weight excluding hydrogens is 370 g/mol. The fraction of sp³-hybridized carbons (Fsp3) is 0.571. The molecule has 1 aliphatic rings. The first-order valence-electron chi connectivity index (χ1n) is 10.3. The van der Waals surface area contributed by atoms with Crippen LogP contribution in [-0.4, -0.2) is 26.0 Å². The summed E-state index contributed by atoms with van der Waals surface area (Å²) in [6.07, 6.45) is 7.71. The van der Waals surface area contributed by atoms with Crippen molar-refractivity contribution in [3.05, 3.63) is 35.2 Å². The minimum absolute atomic E-state index is 0.0391. The summed E-state index contributed by atoms with van der Waals surface area (Å²) in [6, 6.07) is 6.19. The van der Waals surface area contributed by atoms with Gasteiger partial charge in [0.15, 0.2) is 5.82 Å². The van der Waals surface area contributed by atoms with Gasteiger partial charge in [-0.3, -0.25) is 4.79 Å². The summed E-state index contributed by atoms with van der Waals surface area (Å²) in [7, 11) is 0. The first-order valence-corrected chi connectivity index (χ1v) is 11.2. The van der Waals surface area contributed by atoms with Crippen LogP contribution in [0, 0.1) is 0 Å². The fourth-order valence-electron chi connectivity index (χ4n) is 3.85. The summed E-state index contributed by atoms with van der Waals surface area (Å²) in [5, 5.41) is 12.0. The van der Waals surface area contributed by atoms with Crippen LogP contribution < -0.4 is 11.2 Å². The van der Waals surface area contributed by atoms with Crippen molar-refractivity contribution < 1.29 is 4.79 Å². The third kappa shape index (κ3) is 4.51. The van der Waals surface area contributed by atoms with Gasteiger partial charge in [-0.2, -0.15) is 0 Å². The Labute approximate surface area is 171 Å². The van der Waals surface area contributed by atoms with E-state index in [1.165, 1.54) is 31.0 Å². The number of hydrogen-bond donors (Lipinski definition) is 2. The highest BCUT2D eigenvalue weighted by atomic mass is 32.2. The maximum absolute atomic E-state index is 12.8. The number of benzene rings is 1. The van der Waals surface area contributed by atoms with Crippen LogP contribution in [0.4, 0.5) is 5.69 Å². The lowest BCUT2D eigenvalue weighted by molar-refractivity contribution is -0.115. The molecule has 3 rings (SSSR count). The van der Waals surface area contributed by atoms with E-state index in [1.807, 2.05) is 6.92 Å². The third-order valence-corrected chi connectivity index (χ3v) is 6.62. The topological polar surface area (TPSA) is 85.8 Å². The quantitative estimate of drug-likeness (QED) is 0.534. The fourth-order valence-corrected chi connectivity index (χ4v) is 4.62. The van der Waals surface area contributed by atoms with Crippen molar-refractivity contribution in [1.82, 2.24) is 14.9 Å². The van der Waals surface area contributed by atoms with Gasteiger partial charge in [0, 0.05) is 11.6 Å². The van der Waals surface area contributed by atoms with Crippen LogP contribution in [0.5, 0.6) is 0 Å². The van der Waals surface area contributed by atoms with Gasteiger partial charge in [-0.25, -0.2) is 4.68 Å². The number of carbonyl (C=O) groups is 1. The van der Waals surface area contributed by atoms with Gasteiger partial charge in [0.05, 0.1) is 5.25 Å². The zero-order valence-corrected chi connectivity index (χ0v) is 17.9. The Kier molecular flexibility index (Phi) is 6.99. The predicted octanol–water partition coefficient (Wildman–Crippen LogP) is 4.28. The van der Waals surface area contributed by atoms with Gasteiger partial charge < -0.3 is 11.2 Å². The normalized spacial score (nSPS) is 16.1. The van der Waals surface area contributed by atoms with E-state index in [2.05, 4.69) is 47.6 Å². The van der Waals surface area contributed by atoms with Gasteiger partial charge in [-0.05, 0) is 43.7 Å². The highest BCUT2D eigenvalue weighted by molar-refractivity contribution is 8.00. The molecule has 1 heterocycles. The maximum Gasteiger partial charge on any atom is 0.237 e. The first kappa shape index (κ1) is 20.7. The molecule has 0 radical (unpaired) electrons. The molecule has 0 aliphatic heterocycles. The number of nitrogens with zero attached hydrogens (tertiary/aromatic N) is 3. The van der Waals surface area contributed by atoms with Gasteiger partial charge in [0.1, 0.15) is 0 Å². The summed E-state index contributed by atoms with van der Waals surface area (Å²) >= 11 is 1.36. The Hall–Kier alpha value is -2.02. The number of para-hydroxylation sites is 1. The van der Waals surface area contributed by atoms with E-state index in [0.29, 0.717) is 11.1 Å². The Balaban J connectivity index is 1.69. The number of anilines is 1. The zero-order valence-electron chi connectivity index (χ0n) is 17.1. The number of aromatic nitrogens is 3. The summed E-state index contributed by atoms with van der Waals surface area (Å²) in [5.41, 5.74) is 3.26. The largest absolute Gasteiger partial charge is 0.336 e. The van der Waals surface area contributed by atoms with Crippen LogP contribution in [-0.2, 0) is 17.6 Å². The molecule has 0 saturated heterocycles. The second-order valence-corrected chi connectivity index (χ2v) is 8.76. The van der Waals surface area contributed by atoms with Gasteiger partial charge in [0.25, 0.3) is 0 Å². The SMILES string of the molecule is CCc1cccc(CC)c1NC(=O)[C@@H](C)Sc1nnc(C2CCCCC2)n1N. The molecule has 1 aromatic carbocycles. The van der Waals surface area contributed by atoms with E-state index < -0.39 is 0 Å². The minimum Gasteiger partial charge on any atom is -0.336 e. The van der Waals surface area contributed by atoms with Crippen molar-refractivity contribution in [2.75, 3.05) is 11.2 Å². The van der Waals surface area contributed by atoms with Gasteiger partial charge in [-0.1, -0.05) is 63.1 Å². The molecule has 2 aromatic rings. The van der Waals surface area contributed by atoms with E-state index in [1.54, 1.807) is 4.68 Å². The molecule has 3 N–H and O–H groups in total. The number of thioether (sulfide) groups is 1. The van der Waals surface area contributed by atoms with Gasteiger partial charge in [-0.15, -0.1) is 10.2 Å². The molecular formula is C21H31N5OS. The molecule has 7 heteroatoms. The molecule has 0 spiro atoms. The summed E-state index contributed by atoms with van der Waals surface area (Å²) in [5.74, 6) is 7.46. The Bertz CT molecular complexity index is 791. The Morgan fingerprint density at radius 1 is 1.21 bits per heavy atom. The molecule has 1 aliphatic carbocycles. The summed E-state index contributed by atoms with van der Waals surface area (Å²) in [4.78, 5) is 12.8. The van der Waals surface area contributed by atoms with Crippen LogP contribution in [0.3, 0.4) is 0 Å². The van der Waals surface area contributed by atoms with Crippen molar-refractivity contribution >= 4 is 23.4 Å². The van der Waals surface area contributed by atoms with Crippen LogP contribution >= 0.6 is 11.8 Å². The maximum atomic E-state index is 12.8. The summed E-state index contributed by atoms with van der Waals surface area (Å²) in [6.45, 7) is 6.09. The molecule has 1 aromatic heterocycles. The molecule has 0 bridgehead atoms.